The third-order valence-electron chi connectivity index (χ3n) is 2.58. The molecule has 0 aliphatic heterocycles. The number of para-hydroxylation sites is 1. The zero-order valence-corrected chi connectivity index (χ0v) is 11.2. The number of nitrogens with zero attached hydrogens (tertiary/aromatic N) is 2. The van der Waals surface area contributed by atoms with Gasteiger partial charge in [-0.3, -0.25) is 0 Å². The summed E-state index contributed by atoms with van der Waals surface area (Å²) in [6.07, 6.45) is -3.46. The minimum Gasteiger partial charge on any atom is -0.383 e. The van der Waals surface area contributed by atoms with Crippen LogP contribution in [0.1, 0.15) is 5.56 Å². The summed E-state index contributed by atoms with van der Waals surface area (Å²) in [6.45, 7) is 0. The molecule has 0 saturated heterocycles. The van der Waals surface area contributed by atoms with E-state index in [1.165, 1.54) is 0 Å². The van der Waals surface area contributed by atoms with E-state index in [1.54, 1.807) is 17.1 Å². The topological polar surface area (TPSA) is 38.1 Å². The molecule has 7 heteroatoms. The monoisotopic (exact) mass is 302 g/mol. The molecular formula is C13H13F3N2OS. The summed E-state index contributed by atoms with van der Waals surface area (Å²) in [6, 6.07) is 9.42. The number of halogens is 3. The molecule has 0 unspecified atom stereocenters. The summed E-state index contributed by atoms with van der Waals surface area (Å²) in [4.78, 5) is 0. The van der Waals surface area contributed by atoms with Crippen LogP contribution in [0.15, 0.2) is 42.7 Å². The maximum Gasteiger partial charge on any atom is 0.415 e. The summed E-state index contributed by atoms with van der Waals surface area (Å²) in [7, 11) is 0. The van der Waals surface area contributed by atoms with Crippen molar-refractivity contribution < 1.29 is 18.3 Å². The molecule has 0 radical (unpaired) electrons. The summed E-state index contributed by atoms with van der Waals surface area (Å²) >= 11 is 1.03. The normalized spacial score (nSPS) is 13.4. The fraction of sp³-hybridized carbons (Fsp3) is 0.308. The second-order valence-corrected chi connectivity index (χ2v) is 5.23. The molecule has 1 aromatic carbocycles. The third-order valence-corrected chi connectivity index (χ3v) is 3.67. The molecule has 0 fully saturated rings. The summed E-state index contributed by atoms with van der Waals surface area (Å²) < 4.78 is 38.0. The Morgan fingerprint density at radius 2 is 1.95 bits per heavy atom. The molecule has 0 amide bonds. The highest BCUT2D eigenvalue weighted by Gasteiger charge is 2.37. The van der Waals surface area contributed by atoms with Crippen molar-refractivity contribution in [3.05, 3.63) is 48.3 Å². The maximum absolute atomic E-state index is 12.1. The van der Waals surface area contributed by atoms with Crippen LogP contribution in [0.5, 0.6) is 0 Å². The van der Waals surface area contributed by atoms with Crippen LogP contribution in [0.2, 0.25) is 0 Å². The predicted molar refractivity (Wildman–Crippen MR) is 71.8 cm³/mol. The zero-order valence-electron chi connectivity index (χ0n) is 10.4. The molecule has 2 rings (SSSR count). The van der Waals surface area contributed by atoms with Gasteiger partial charge in [-0.15, -0.1) is 0 Å². The van der Waals surface area contributed by atoms with Crippen molar-refractivity contribution in [3.8, 4) is 5.69 Å². The molecule has 1 aromatic heterocycles. The minimum absolute atomic E-state index is 0.375. The van der Waals surface area contributed by atoms with Crippen molar-refractivity contribution in [2.75, 3.05) is 5.75 Å². The van der Waals surface area contributed by atoms with Gasteiger partial charge in [0.15, 0.2) is 6.10 Å². The van der Waals surface area contributed by atoms with Gasteiger partial charge in [0, 0.05) is 23.3 Å². The van der Waals surface area contributed by atoms with E-state index in [-0.39, 0.29) is 5.75 Å². The lowest BCUT2D eigenvalue weighted by Crippen LogP contribution is -2.30. The smallest absolute Gasteiger partial charge is 0.383 e. The molecular weight excluding hydrogens is 289 g/mol. The van der Waals surface area contributed by atoms with Gasteiger partial charge in [0.1, 0.15) is 0 Å². The Kier molecular flexibility index (Phi) is 4.72. The first-order valence-electron chi connectivity index (χ1n) is 5.88. The molecule has 1 N–H and O–H groups in total. The van der Waals surface area contributed by atoms with Gasteiger partial charge >= 0.3 is 6.18 Å². The number of rotatable bonds is 5. The quantitative estimate of drug-likeness (QED) is 0.922. The maximum atomic E-state index is 12.1. The van der Waals surface area contributed by atoms with Gasteiger partial charge in [0.2, 0.25) is 0 Å². The number of thioether (sulfide) groups is 1. The average Bonchev–Trinajstić information content (AvgIpc) is 2.87. The van der Waals surface area contributed by atoms with E-state index in [2.05, 4.69) is 5.10 Å². The van der Waals surface area contributed by atoms with Crippen LogP contribution < -0.4 is 0 Å². The van der Waals surface area contributed by atoms with E-state index in [4.69, 9.17) is 5.11 Å². The first-order chi connectivity index (χ1) is 9.47. The van der Waals surface area contributed by atoms with E-state index >= 15 is 0 Å². The van der Waals surface area contributed by atoms with Crippen LogP contribution in [0.3, 0.4) is 0 Å². The SMILES string of the molecule is O[C@H](CSCc1cnn(-c2ccccc2)c1)C(F)(F)F. The molecule has 0 saturated carbocycles. The fourth-order valence-electron chi connectivity index (χ4n) is 1.54. The summed E-state index contributed by atoms with van der Waals surface area (Å²) in [5.74, 6) is -0.00000937. The zero-order chi connectivity index (χ0) is 14.6. The van der Waals surface area contributed by atoms with Crippen molar-refractivity contribution in [3.63, 3.8) is 0 Å². The van der Waals surface area contributed by atoms with E-state index in [0.29, 0.717) is 5.75 Å². The standard InChI is InChI=1S/C13H13F3N2OS/c14-13(15,16)12(19)9-20-8-10-6-17-18(7-10)11-4-2-1-3-5-11/h1-7,12,19H,8-9H2/t12-/m1/s1. The van der Waals surface area contributed by atoms with Crippen LogP contribution in [-0.4, -0.2) is 32.9 Å². The number of hydrogen-bond donors (Lipinski definition) is 1. The average molecular weight is 302 g/mol. The Bertz CT molecular complexity index is 542. The number of alkyl halides is 3. The van der Waals surface area contributed by atoms with Crippen LogP contribution in [0.25, 0.3) is 5.69 Å². The number of aliphatic hydroxyl groups is 1. The Labute approximate surface area is 118 Å². The van der Waals surface area contributed by atoms with Crippen LogP contribution >= 0.6 is 11.8 Å². The highest BCUT2D eigenvalue weighted by molar-refractivity contribution is 7.98. The van der Waals surface area contributed by atoms with Gasteiger partial charge in [-0.1, -0.05) is 18.2 Å². The van der Waals surface area contributed by atoms with Crippen molar-refractivity contribution in [1.29, 1.82) is 0 Å². The Morgan fingerprint density at radius 1 is 1.25 bits per heavy atom. The van der Waals surface area contributed by atoms with Gasteiger partial charge in [-0.05, 0) is 12.1 Å². The Morgan fingerprint density at radius 3 is 2.60 bits per heavy atom. The van der Waals surface area contributed by atoms with Crippen molar-refractivity contribution >= 4 is 11.8 Å². The molecule has 2 aromatic rings. The fourth-order valence-corrected chi connectivity index (χ4v) is 2.45. The summed E-state index contributed by atoms with van der Waals surface area (Å²) in [5.41, 5.74) is 1.70. The molecule has 0 spiro atoms. The first kappa shape index (κ1) is 14.9. The lowest BCUT2D eigenvalue weighted by Gasteiger charge is -2.13. The van der Waals surface area contributed by atoms with Crippen LogP contribution in [0.4, 0.5) is 13.2 Å². The van der Waals surface area contributed by atoms with E-state index in [9.17, 15) is 13.2 Å². The second kappa shape index (κ2) is 6.32. The van der Waals surface area contributed by atoms with Gasteiger partial charge in [-0.2, -0.15) is 30.0 Å². The van der Waals surface area contributed by atoms with Gasteiger partial charge < -0.3 is 5.11 Å². The van der Waals surface area contributed by atoms with E-state index < -0.39 is 12.3 Å². The second-order valence-electron chi connectivity index (χ2n) is 4.20. The minimum atomic E-state index is -4.55. The molecule has 0 bridgehead atoms. The molecule has 0 aliphatic rings. The number of hydrogen-bond acceptors (Lipinski definition) is 3. The molecule has 0 aliphatic carbocycles. The highest BCUT2D eigenvalue weighted by Crippen LogP contribution is 2.24. The highest BCUT2D eigenvalue weighted by atomic mass is 32.2. The largest absolute Gasteiger partial charge is 0.415 e. The molecule has 1 atom stereocenters. The summed E-state index contributed by atoms with van der Waals surface area (Å²) in [5, 5.41) is 13.0. The number of benzene rings is 1. The van der Waals surface area contributed by atoms with E-state index in [0.717, 1.165) is 23.0 Å². The van der Waals surface area contributed by atoms with Crippen molar-refractivity contribution in [1.82, 2.24) is 9.78 Å². The van der Waals surface area contributed by atoms with Gasteiger partial charge in [-0.25, -0.2) is 4.68 Å². The van der Waals surface area contributed by atoms with Crippen LogP contribution in [-0.2, 0) is 5.75 Å². The Balaban J connectivity index is 1.88. The molecule has 3 nitrogen and oxygen atoms in total. The van der Waals surface area contributed by atoms with Crippen molar-refractivity contribution in [2.45, 2.75) is 18.0 Å². The Hall–Kier alpha value is -1.47. The van der Waals surface area contributed by atoms with Crippen LogP contribution in [0, 0.1) is 0 Å². The molecule has 1 heterocycles. The predicted octanol–water partition coefficient (Wildman–Crippen LogP) is 3.03. The van der Waals surface area contributed by atoms with Crippen molar-refractivity contribution in [2.24, 2.45) is 0 Å². The van der Waals surface area contributed by atoms with E-state index in [1.807, 2.05) is 30.3 Å². The molecule has 20 heavy (non-hydrogen) atoms. The third kappa shape index (κ3) is 4.01. The van der Waals surface area contributed by atoms with Gasteiger partial charge in [0.05, 0.1) is 11.9 Å². The lowest BCUT2D eigenvalue weighted by atomic mass is 10.3. The van der Waals surface area contributed by atoms with Gasteiger partial charge in [0.25, 0.3) is 0 Å². The molecule has 108 valence electrons. The lowest BCUT2D eigenvalue weighted by molar-refractivity contribution is -0.195. The first-order valence-corrected chi connectivity index (χ1v) is 7.04. The number of aliphatic hydroxyl groups excluding tert-OH is 1. The number of aromatic nitrogens is 2.